The number of unbranched alkanes of at least 4 members (excludes halogenated alkanes) is 3. The Morgan fingerprint density at radius 2 is 1.89 bits per heavy atom. The summed E-state index contributed by atoms with van der Waals surface area (Å²) in [4.78, 5) is 12.1. The summed E-state index contributed by atoms with van der Waals surface area (Å²) in [5.74, 6) is -0.0375. The van der Waals surface area contributed by atoms with E-state index in [-0.39, 0.29) is 5.91 Å². The third-order valence-corrected chi connectivity index (χ3v) is 3.00. The first kappa shape index (κ1) is 15.7. The maximum absolute atomic E-state index is 12.1. The molecule has 0 fully saturated rings. The molecule has 0 saturated carbocycles. The highest BCUT2D eigenvalue weighted by Gasteiger charge is 2.19. The van der Waals surface area contributed by atoms with Crippen LogP contribution in [-0.4, -0.2) is 19.1 Å². The van der Waals surface area contributed by atoms with Crippen molar-refractivity contribution in [2.75, 3.05) is 13.2 Å². The molecule has 106 valence electrons. The zero-order valence-electron chi connectivity index (χ0n) is 12.0. The van der Waals surface area contributed by atoms with Gasteiger partial charge in [-0.2, -0.15) is 0 Å². The van der Waals surface area contributed by atoms with Crippen LogP contribution in [0.15, 0.2) is 30.3 Å². The summed E-state index contributed by atoms with van der Waals surface area (Å²) in [6.45, 7) is 5.35. The molecule has 1 rings (SSSR count). The van der Waals surface area contributed by atoms with E-state index in [0.717, 1.165) is 18.5 Å². The molecule has 0 saturated heterocycles. The van der Waals surface area contributed by atoms with Gasteiger partial charge in [0.15, 0.2) is 6.10 Å². The van der Waals surface area contributed by atoms with E-state index in [1.54, 1.807) is 0 Å². The first-order valence-corrected chi connectivity index (χ1v) is 7.23. The standard InChI is InChI=1S/C16H25NO2/c1-3-5-6-10-13-17-16(18)15(19-4-2)14-11-8-7-9-12-14/h7-9,11-12,15H,3-6,10,13H2,1-2H3,(H,17,18). The van der Waals surface area contributed by atoms with Crippen LogP contribution in [0.25, 0.3) is 0 Å². The van der Waals surface area contributed by atoms with Crippen LogP contribution in [-0.2, 0) is 9.53 Å². The average molecular weight is 263 g/mol. The summed E-state index contributed by atoms with van der Waals surface area (Å²) in [5, 5.41) is 2.96. The lowest BCUT2D eigenvalue weighted by Crippen LogP contribution is -2.31. The average Bonchev–Trinajstić information content (AvgIpc) is 2.45. The van der Waals surface area contributed by atoms with Gasteiger partial charge in [-0.05, 0) is 18.9 Å². The lowest BCUT2D eigenvalue weighted by molar-refractivity contribution is -0.133. The Kier molecular flexibility index (Phi) is 7.91. The van der Waals surface area contributed by atoms with Crippen molar-refractivity contribution in [1.29, 1.82) is 0 Å². The lowest BCUT2D eigenvalue weighted by Gasteiger charge is -2.17. The van der Waals surface area contributed by atoms with E-state index < -0.39 is 6.10 Å². The van der Waals surface area contributed by atoms with Crippen molar-refractivity contribution in [3.05, 3.63) is 35.9 Å². The Morgan fingerprint density at radius 1 is 1.16 bits per heavy atom. The molecule has 0 aromatic heterocycles. The van der Waals surface area contributed by atoms with Crippen molar-refractivity contribution in [3.8, 4) is 0 Å². The minimum Gasteiger partial charge on any atom is -0.364 e. The van der Waals surface area contributed by atoms with Crippen molar-refractivity contribution >= 4 is 5.91 Å². The number of nitrogens with one attached hydrogen (secondary N) is 1. The van der Waals surface area contributed by atoms with Gasteiger partial charge in [-0.15, -0.1) is 0 Å². The fourth-order valence-electron chi connectivity index (χ4n) is 1.97. The molecule has 1 N–H and O–H groups in total. The number of rotatable bonds is 9. The third kappa shape index (κ3) is 5.88. The summed E-state index contributed by atoms with van der Waals surface area (Å²) in [6.07, 6.45) is 4.15. The summed E-state index contributed by atoms with van der Waals surface area (Å²) in [6, 6.07) is 9.65. The molecule has 1 unspecified atom stereocenters. The first-order valence-electron chi connectivity index (χ1n) is 7.23. The van der Waals surface area contributed by atoms with Gasteiger partial charge in [0.25, 0.3) is 5.91 Å². The fourth-order valence-corrected chi connectivity index (χ4v) is 1.97. The molecule has 1 atom stereocenters. The number of hydrogen-bond donors (Lipinski definition) is 1. The summed E-state index contributed by atoms with van der Waals surface area (Å²) in [7, 11) is 0. The van der Waals surface area contributed by atoms with Crippen LogP contribution in [0.4, 0.5) is 0 Å². The van der Waals surface area contributed by atoms with Crippen LogP contribution < -0.4 is 5.32 Å². The van der Waals surface area contributed by atoms with Gasteiger partial charge in [-0.3, -0.25) is 4.79 Å². The monoisotopic (exact) mass is 263 g/mol. The van der Waals surface area contributed by atoms with Crippen LogP contribution in [0.3, 0.4) is 0 Å². The zero-order chi connectivity index (χ0) is 13.9. The topological polar surface area (TPSA) is 38.3 Å². The maximum atomic E-state index is 12.1. The molecular formula is C16H25NO2. The van der Waals surface area contributed by atoms with Crippen LogP contribution >= 0.6 is 0 Å². The van der Waals surface area contributed by atoms with Crippen molar-refractivity contribution in [2.45, 2.75) is 45.6 Å². The Hall–Kier alpha value is -1.35. The molecule has 0 radical (unpaired) electrons. The minimum atomic E-state index is -0.489. The predicted octanol–water partition coefficient (Wildman–Crippen LogP) is 3.46. The molecule has 0 heterocycles. The van der Waals surface area contributed by atoms with Crippen molar-refractivity contribution < 1.29 is 9.53 Å². The summed E-state index contributed by atoms with van der Waals surface area (Å²) >= 11 is 0. The summed E-state index contributed by atoms with van der Waals surface area (Å²) in [5.41, 5.74) is 0.912. The molecule has 0 aliphatic rings. The normalized spacial score (nSPS) is 12.1. The second kappa shape index (κ2) is 9.56. The highest BCUT2D eigenvalue weighted by atomic mass is 16.5. The van der Waals surface area contributed by atoms with Crippen LogP contribution in [0.5, 0.6) is 0 Å². The number of benzene rings is 1. The quantitative estimate of drug-likeness (QED) is 0.693. The molecule has 0 aliphatic heterocycles. The number of ether oxygens (including phenoxy) is 1. The highest BCUT2D eigenvalue weighted by molar-refractivity contribution is 5.82. The van der Waals surface area contributed by atoms with Gasteiger partial charge < -0.3 is 10.1 Å². The second-order valence-corrected chi connectivity index (χ2v) is 4.60. The van der Waals surface area contributed by atoms with E-state index in [9.17, 15) is 4.79 Å². The Morgan fingerprint density at radius 3 is 2.53 bits per heavy atom. The number of carbonyl (C=O) groups is 1. The molecule has 0 bridgehead atoms. The van der Waals surface area contributed by atoms with Crippen LogP contribution in [0.1, 0.15) is 51.2 Å². The lowest BCUT2D eigenvalue weighted by atomic mass is 10.1. The maximum Gasteiger partial charge on any atom is 0.253 e. The van der Waals surface area contributed by atoms with E-state index in [1.807, 2.05) is 37.3 Å². The Bertz CT molecular complexity index is 351. The highest BCUT2D eigenvalue weighted by Crippen LogP contribution is 2.17. The van der Waals surface area contributed by atoms with E-state index in [1.165, 1.54) is 19.3 Å². The van der Waals surface area contributed by atoms with Crippen molar-refractivity contribution in [1.82, 2.24) is 5.32 Å². The SMILES string of the molecule is CCCCCCNC(=O)C(OCC)c1ccccc1. The number of hydrogen-bond acceptors (Lipinski definition) is 2. The molecule has 3 heteroatoms. The Labute approximate surface area is 116 Å². The van der Waals surface area contributed by atoms with Gasteiger partial charge >= 0.3 is 0 Å². The predicted molar refractivity (Wildman–Crippen MR) is 78.0 cm³/mol. The molecule has 1 aromatic rings. The van der Waals surface area contributed by atoms with E-state index in [4.69, 9.17) is 4.74 Å². The third-order valence-electron chi connectivity index (χ3n) is 3.00. The van der Waals surface area contributed by atoms with Gasteiger partial charge in [0.05, 0.1) is 0 Å². The number of carbonyl (C=O) groups excluding carboxylic acids is 1. The van der Waals surface area contributed by atoms with Crippen molar-refractivity contribution in [2.24, 2.45) is 0 Å². The fraction of sp³-hybridized carbons (Fsp3) is 0.562. The molecule has 0 aliphatic carbocycles. The van der Waals surface area contributed by atoms with Gasteiger partial charge in [0.2, 0.25) is 0 Å². The van der Waals surface area contributed by atoms with E-state index >= 15 is 0 Å². The van der Waals surface area contributed by atoms with Crippen LogP contribution in [0.2, 0.25) is 0 Å². The molecule has 3 nitrogen and oxygen atoms in total. The summed E-state index contributed by atoms with van der Waals surface area (Å²) < 4.78 is 5.56. The number of amides is 1. The van der Waals surface area contributed by atoms with Gasteiger partial charge in [0, 0.05) is 13.2 Å². The van der Waals surface area contributed by atoms with Gasteiger partial charge in [-0.1, -0.05) is 56.5 Å². The van der Waals surface area contributed by atoms with E-state index in [2.05, 4.69) is 12.2 Å². The molecule has 1 amide bonds. The first-order chi connectivity index (χ1) is 9.29. The smallest absolute Gasteiger partial charge is 0.253 e. The zero-order valence-corrected chi connectivity index (χ0v) is 12.0. The van der Waals surface area contributed by atoms with Gasteiger partial charge in [0.1, 0.15) is 0 Å². The Balaban J connectivity index is 2.45. The molecular weight excluding hydrogens is 238 g/mol. The van der Waals surface area contributed by atoms with Crippen molar-refractivity contribution in [3.63, 3.8) is 0 Å². The molecule has 19 heavy (non-hydrogen) atoms. The van der Waals surface area contributed by atoms with Gasteiger partial charge in [-0.25, -0.2) is 0 Å². The van der Waals surface area contributed by atoms with E-state index in [0.29, 0.717) is 6.61 Å². The molecule has 0 spiro atoms. The largest absolute Gasteiger partial charge is 0.364 e. The minimum absolute atomic E-state index is 0.0375. The molecule has 1 aromatic carbocycles. The van der Waals surface area contributed by atoms with Crippen LogP contribution in [0, 0.1) is 0 Å². The second-order valence-electron chi connectivity index (χ2n) is 4.60.